The van der Waals surface area contributed by atoms with Crippen molar-refractivity contribution in [1.82, 2.24) is 0 Å². The van der Waals surface area contributed by atoms with Crippen molar-refractivity contribution in [2.24, 2.45) is 17.8 Å². The number of esters is 1. The lowest BCUT2D eigenvalue weighted by atomic mass is 9.72. The Morgan fingerprint density at radius 2 is 1.94 bits per heavy atom. The molecule has 2 aromatic carbocycles. The molecular formula is C24H25N3O7. The number of nitro groups is 1. The number of phenols is 1. The predicted octanol–water partition coefficient (Wildman–Crippen LogP) is 3.79. The van der Waals surface area contributed by atoms with Gasteiger partial charge in [0.1, 0.15) is 5.92 Å². The summed E-state index contributed by atoms with van der Waals surface area (Å²) in [5, 5.41) is 28.6. The summed E-state index contributed by atoms with van der Waals surface area (Å²) >= 11 is 0. The number of hydrogen-bond acceptors (Lipinski definition) is 9. The highest BCUT2D eigenvalue weighted by molar-refractivity contribution is 6.04. The topological polar surface area (TPSA) is 140 Å². The molecule has 0 amide bonds. The van der Waals surface area contributed by atoms with E-state index < -0.39 is 46.1 Å². The third-order valence-corrected chi connectivity index (χ3v) is 6.15. The summed E-state index contributed by atoms with van der Waals surface area (Å²) in [6.07, 6.45) is 1.82. The van der Waals surface area contributed by atoms with Crippen molar-refractivity contribution < 1.29 is 29.1 Å². The number of para-hydroxylation sites is 2. The third kappa shape index (κ3) is 3.91. The molecule has 0 aromatic heterocycles. The molecule has 0 saturated heterocycles. The average Bonchev–Trinajstić information content (AvgIpc) is 2.96. The fourth-order valence-corrected chi connectivity index (χ4v) is 4.61. The summed E-state index contributed by atoms with van der Waals surface area (Å²) in [6.45, 7) is 3.63. The smallest absolute Gasteiger partial charge is 0.316 e. The van der Waals surface area contributed by atoms with Crippen molar-refractivity contribution in [3.63, 3.8) is 0 Å². The van der Waals surface area contributed by atoms with Crippen molar-refractivity contribution >= 4 is 28.8 Å². The number of ketones is 1. The molecule has 0 saturated carbocycles. The van der Waals surface area contributed by atoms with Gasteiger partial charge in [-0.3, -0.25) is 19.7 Å². The molecular weight excluding hydrogens is 442 g/mol. The van der Waals surface area contributed by atoms with Crippen LogP contribution in [0.2, 0.25) is 0 Å². The van der Waals surface area contributed by atoms with Gasteiger partial charge in [-0.25, -0.2) is 0 Å². The van der Waals surface area contributed by atoms with Gasteiger partial charge < -0.3 is 25.2 Å². The van der Waals surface area contributed by atoms with E-state index >= 15 is 0 Å². The van der Waals surface area contributed by atoms with Crippen molar-refractivity contribution in [3.8, 4) is 11.5 Å². The molecule has 0 radical (unpaired) electrons. The van der Waals surface area contributed by atoms with Gasteiger partial charge in [0, 0.05) is 11.8 Å². The number of benzene rings is 2. The molecule has 1 heterocycles. The largest absolute Gasteiger partial charge is 0.500 e. The average molecular weight is 467 g/mol. The normalized spacial score (nSPS) is 23.3. The molecule has 4 atom stereocenters. The highest BCUT2D eigenvalue weighted by Gasteiger charge is 2.47. The first-order valence-corrected chi connectivity index (χ1v) is 10.9. The Kier molecular flexibility index (Phi) is 6.14. The van der Waals surface area contributed by atoms with E-state index in [0.29, 0.717) is 16.9 Å². The summed E-state index contributed by atoms with van der Waals surface area (Å²) in [7, 11) is 1.23. The van der Waals surface area contributed by atoms with Crippen molar-refractivity contribution in [2.45, 2.75) is 19.9 Å². The second-order valence-corrected chi connectivity index (χ2v) is 8.23. The minimum Gasteiger partial charge on any atom is -0.500 e. The molecule has 2 aliphatic rings. The fraction of sp³-hybridized carbons (Fsp3) is 0.333. The number of anilines is 2. The lowest BCUT2D eigenvalue weighted by molar-refractivity contribution is -0.386. The van der Waals surface area contributed by atoms with Crippen LogP contribution in [0.25, 0.3) is 0 Å². The molecule has 178 valence electrons. The summed E-state index contributed by atoms with van der Waals surface area (Å²) in [6, 6.07) is 9.22. The second-order valence-electron chi connectivity index (χ2n) is 8.23. The first-order chi connectivity index (χ1) is 16.3. The number of nitrogens with one attached hydrogen (secondary N) is 2. The minimum absolute atomic E-state index is 0.0642. The maximum absolute atomic E-state index is 13.7. The predicted molar refractivity (Wildman–Crippen MR) is 124 cm³/mol. The third-order valence-electron chi connectivity index (χ3n) is 6.15. The van der Waals surface area contributed by atoms with Crippen molar-refractivity contribution in [2.75, 3.05) is 24.4 Å². The van der Waals surface area contributed by atoms with Crippen LogP contribution in [-0.4, -0.2) is 35.5 Å². The SMILES string of the molecule is CCOc1cc([C@H]2Nc3ccccc3NC3=C[C@@H](C)[C@H](C(=O)OC)C(=O)[C@H]32)cc([N+](=O)[O-])c1O. The van der Waals surface area contributed by atoms with Crippen LogP contribution in [0.4, 0.5) is 17.1 Å². The highest BCUT2D eigenvalue weighted by Crippen LogP contribution is 2.47. The van der Waals surface area contributed by atoms with Crippen LogP contribution in [0.15, 0.2) is 48.2 Å². The first-order valence-electron chi connectivity index (χ1n) is 10.9. The highest BCUT2D eigenvalue weighted by atomic mass is 16.6. The molecule has 0 unspecified atom stereocenters. The van der Waals surface area contributed by atoms with Crippen LogP contribution >= 0.6 is 0 Å². The Balaban J connectivity index is 1.93. The molecule has 2 aromatic rings. The van der Waals surface area contributed by atoms with Crippen LogP contribution < -0.4 is 15.4 Å². The van der Waals surface area contributed by atoms with Crippen molar-refractivity contribution in [3.05, 3.63) is 63.8 Å². The lowest BCUT2D eigenvalue weighted by Crippen LogP contribution is -2.43. The number of allylic oxidation sites excluding steroid dienone is 1. The summed E-state index contributed by atoms with van der Waals surface area (Å²) < 4.78 is 10.3. The number of nitrogens with zero attached hydrogens (tertiary/aromatic N) is 1. The number of aromatic hydroxyl groups is 1. The van der Waals surface area contributed by atoms with Gasteiger partial charge in [-0.1, -0.05) is 25.1 Å². The first kappa shape index (κ1) is 23.1. The Morgan fingerprint density at radius 3 is 2.59 bits per heavy atom. The number of rotatable bonds is 5. The molecule has 34 heavy (non-hydrogen) atoms. The summed E-state index contributed by atoms with van der Waals surface area (Å²) in [4.78, 5) is 37.2. The molecule has 4 rings (SSSR count). The second kappa shape index (κ2) is 9.05. The summed E-state index contributed by atoms with van der Waals surface area (Å²) in [5.74, 6) is -3.99. The van der Waals surface area contributed by atoms with Gasteiger partial charge in [0.15, 0.2) is 11.5 Å². The van der Waals surface area contributed by atoms with Gasteiger partial charge in [0.05, 0.1) is 42.0 Å². The van der Waals surface area contributed by atoms with Gasteiger partial charge in [-0.2, -0.15) is 0 Å². The molecule has 0 spiro atoms. The van der Waals surface area contributed by atoms with Gasteiger partial charge in [-0.05, 0) is 36.6 Å². The Labute approximate surface area is 195 Å². The zero-order valence-corrected chi connectivity index (χ0v) is 18.9. The van der Waals surface area contributed by atoms with Gasteiger partial charge in [0.2, 0.25) is 5.75 Å². The van der Waals surface area contributed by atoms with Crippen LogP contribution in [-0.2, 0) is 14.3 Å². The van der Waals surface area contributed by atoms with Crippen LogP contribution in [0.3, 0.4) is 0 Å². The van der Waals surface area contributed by atoms with Crippen molar-refractivity contribution in [1.29, 1.82) is 0 Å². The number of hydrogen-bond donors (Lipinski definition) is 3. The zero-order chi connectivity index (χ0) is 24.6. The molecule has 1 aliphatic carbocycles. The standard InChI is InChI=1S/C24H25N3O7/c1-4-34-18-11-13(10-17(22(18)28)27(31)32)21-20-16(25-14-7-5-6-8-15(14)26-21)9-12(2)19(23(20)29)24(30)33-3/h5-12,19-21,25-26,28H,4H2,1-3H3/t12-,19+,20-,21-/m1/s1. The number of methoxy groups -OCH3 is 1. The molecule has 0 fully saturated rings. The zero-order valence-electron chi connectivity index (χ0n) is 18.9. The van der Waals surface area contributed by atoms with E-state index in [9.17, 15) is 24.8 Å². The van der Waals surface area contributed by atoms with Gasteiger partial charge in [-0.15, -0.1) is 0 Å². The van der Waals surface area contributed by atoms with E-state index in [2.05, 4.69) is 10.6 Å². The Hall–Kier alpha value is -4.08. The van der Waals surface area contributed by atoms with E-state index in [1.165, 1.54) is 19.2 Å². The van der Waals surface area contributed by atoms with Crippen LogP contribution in [0.1, 0.15) is 25.5 Å². The number of carbonyl (C=O) groups excluding carboxylic acids is 2. The number of carbonyl (C=O) groups is 2. The Morgan fingerprint density at radius 1 is 1.24 bits per heavy atom. The van der Waals surface area contributed by atoms with E-state index in [1.54, 1.807) is 13.8 Å². The number of nitro benzene ring substituents is 1. The molecule has 1 aliphatic heterocycles. The maximum Gasteiger partial charge on any atom is 0.316 e. The van der Waals surface area contributed by atoms with Crippen LogP contribution in [0, 0.1) is 27.9 Å². The van der Waals surface area contributed by atoms with E-state index in [0.717, 1.165) is 5.69 Å². The van der Waals surface area contributed by atoms with Crippen LogP contribution in [0.5, 0.6) is 11.5 Å². The van der Waals surface area contributed by atoms with E-state index in [1.807, 2.05) is 30.3 Å². The molecule has 3 N–H and O–H groups in total. The monoisotopic (exact) mass is 467 g/mol. The molecule has 0 bridgehead atoms. The lowest BCUT2D eigenvalue weighted by Gasteiger charge is -2.35. The Bertz CT molecular complexity index is 1190. The number of phenolic OH excluding ortho intramolecular Hbond substituents is 1. The summed E-state index contributed by atoms with van der Waals surface area (Å²) in [5.41, 5.74) is 1.78. The number of Topliss-reactive ketones (excluding diaryl/α,β-unsaturated/α-hetero) is 1. The fourth-order valence-electron chi connectivity index (χ4n) is 4.61. The maximum atomic E-state index is 13.7. The van der Waals surface area contributed by atoms with Gasteiger partial charge in [0.25, 0.3) is 0 Å². The quantitative estimate of drug-likeness (QED) is 0.259. The molecule has 10 nitrogen and oxygen atoms in total. The van der Waals surface area contributed by atoms with E-state index in [4.69, 9.17) is 9.47 Å². The molecule has 10 heteroatoms. The number of ether oxygens (including phenoxy) is 2. The number of fused-ring (bicyclic) bond motifs is 2. The minimum atomic E-state index is -1.02. The van der Waals surface area contributed by atoms with E-state index in [-0.39, 0.29) is 18.1 Å². The van der Waals surface area contributed by atoms with Gasteiger partial charge >= 0.3 is 11.7 Å².